The summed E-state index contributed by atoms with van der Waals surface area (Å²) in [5.41, 5.74) is 0. The molecule has 7 heteroatoms. The normalized spacial score (nSPS) is 23.4. The summed E-state index contributed by atoms with van der Waals surface area (Å²) in [4.78, 5) is 0. The molecule has 1 heterocycles. The van der Waals surface area contributed by atoms with Gasteiger partial charge in [0.1, 0.15) is 0 Å². The molecular weight excluding hydrogens is 261 g/mol. The minimum Gasteiger partial charge on any atom is -0.382 e. The molecule has 1 rings (SSSR count). The fourth-order valence-electron chi connectivity index (χ4n) is 1.82. The van der Waals surface area contributed by atoms with E-state index in [0.29, 0.717) is 32.7 Å². The Hall–Kier alpha value is -0.240. The van der Waals surface area contributed by atoms with Crippen molar-refractivity contribution in [3.63, 3.8) is 0 Å². The number of sulfonamides is 1. The number of nitrogens with zero attached hydrogens (tertiary/aromatic N) is 1. The van der Waals surface area contributed by atoms with Gasteiger partial charge in [-0.1, -0.05) is 0 Å². The van der Waals surface area contributed by atoms with E-state index >= 15 is 0 Å². The van der Waals surface area contributed by atoms with Gasteiger partial charge in [-0.05, 0) is 19.8 Å². The van der Waals surface area contributed by atoms with E-state index in [-0.39, 0.29) is 18.3 Å². The third kappa shape index (κ3) is 5.17. The summed E-state index contributed by atoms with van der Waals surface area (Å²) >= 11 is 0. The van der Waals surface area contributed by atoms with Crippen molar-refractivity contribution in [2.24, 2.45) is 0 Å². The summed E-state index contributed by atoms with van der Waals surface area (Å²) in [6.45, 7) is 3.17. The Morgan fingerprint density at radius 1 is 1.44 bits per heavy atom. The van der Waals surface area contributed by atoms with Crippen molar-refractivity contribution in [1.82, 2.24) is 4.31 Å². The van der Waals surface area contributed by atoms with Crippen LogP contribution < -0.4 is 0 Å². The summed E-state index contributed by atoms with van der Waals surface area (Å²) in [6, 6.07) is 0. The molecule has 1 unspecified atom stereocenters. The molecule has 108 valence electrons. The van der Waals surface area contributed by atoms with E-state index in [4.69, 9.17) is 9.47 Å². The molecule has 18 heavy (non-hydrogen) atoms. The van der Waals surface area contributed by atoms with Gasteiger partial charge in [-0.15, -0.1) is 0 Å². The summed E-state index contributed by atoms with van der Waals surface area (Å²) < 4.78 is 48.2. The fourth-order valence-corrected chi connectivity index (χ4v) is 3.48. The van der Waals surface area contributed by atoms with Gasteiger partial charge in [0.15, 0.2) is 0 Å². The molecule has 0 bridgehead atoms. The summed E-state index contributed by atoms with van der Waals surface area (Å²) in [5, 5.41) is 0. The molecule has 0 aromatic carbocycles. The van der Waals surface area contributed by atoms with Crippen molar-refractivity contribution in [3.05, 3.63) is 0 Å². The maximum absolute atomic E-state index is 12.7. The van der Waals surface area contributed by atoms with Gasteiger partial charge in [0.25, 0.3) is 0 Å². The quantitative estimate of drug-likeness (QED) is 0.618. The Balaban J connectivity index is 2.35. The maximum Gasteiger partial charge on any atom is 0.214 e. The molecule has 1 aliphatic heterocycles. The van der Waals surface area contributed by atoms with Crippen LogP contribution in [0.3, 0.4) is 0 Å². The lowest BCUT2D eigenvalue weighted by Gasteiger charge is -2.17. The summed E-state index contributed by atoms with van der Waals surface area (Å²) in [7, 11) is -1.75. The number of rotatable bonds is 8. The smallest absolute Gasteiger partial charge is 0.214 e. The lowest BCUT2D eigenvalue weighted by atomic mass is 10.3. The van der Waals surface area contributed by atoms with E-state index in [1.807, 2.05) is 0 Å². The van der Waals surface area contributed by atoms with Crippen molar-refractivity contribution in [3.8, 4) is 0 Å². The van der Waals surface area contributed by atoms with Crippen molar-refractivity contribution in [2.45, 2.75) is 32.0 Å². The average molecular weight is 283 g/mol. The van der Waals surface area contributed by atoms with E-state index in [2.05, 4.69) is 0 Å². The molecule has 0 aromatic rings. The minimum absolute atomic E-state index is 0.0496. The Morgan fingerprint density at radius 3 is 2.78 bits per heavy atom. The Labute approximate surface area is 108 Å². The molecule has 5 nitrogen and oxygen atoms in total. The van der Waals surface area contributed by atoms with Crippen molar-refractivity contribution in [2.75, 3.05) is 39.2 Å². The van der Waals surface area contributed by atoms with Crippen LogP contribution in [0.25, 0.3) is 0 Å². The number of halogens is 1. The van der Waals surface area contributed by atoms with Crippen LogP contribution in [0.1, 0.15) is 19.8 Å². The first-order valence-electron chi connectivity index (χ1n) is 6.18. The van der Waals surface area contributed by atoms with E-state index in [1.165, 1.54) is 11.2 Å². The molecular formula is C11H22FNO4S. The zero-order valence-corrected chi connectivity index (χ0v) is 11.8. The Bertz CT molecular complexity index is 334. The van der Waals surface area contributed by atoms with Gasteiger partial charge in [0, 0.05) is 20.2 Å². The van der Waals surface area contributed by atoms with Crippen molar-refractivity contribution >= 4 is 10.0 Å². The summed E-state index contributed by atoms with van der Waals surface area (Å²) in [5.74, 6) is -0.130. The van der Waals surface area contributed by atoms with E-state index in [1.54, 1.807) is 7.11 Å². The lowest BCUT2D eigenvalue weighted by Crippen LogP contribution is -2.33. The van der Waals surface area contributed by atoms with Crippen molar-refractivity contribution < 1.29 is 22.3 Å². The topological polar surface area (TPSA) is 55.8 Å². The van der Waals surface area contributed by atoms with Gasteiger partial charge in [-0.2, -0.15) is 4.31 Å². The number of hydrogen-bond donors (Lipinski definition) is 0. The van der Waals surface area contributed by atoms with Gasteiger partial charge < -0.3 is 9.47 Å². The lowest BCUT2D eigenvalue weighted by molar-refractivity contribution is 0.0250. The molecule has 1 fully saturated rings. The van der Waals surface area contributed by atoms with Crippen molar-refractivity contribution in [1.29, 1.82) is 0 Å². The second-order valence-corrected chi connectivity index (χ2v) is 6.61. The maximum atomic E-state index is 12.7. The average Bonchev–Trinajstić information content (AvgIpc) is 2.76. The van der Waals surface area contributed by atoms with E-state index in [0.717, 1.165) is 0 Å². The number of hydrogen-bond acceptors (Lipinski definition) is 4. The summed E-state index contributed by atoms with van der Waals surface area (Å²) in [6.07, 6.45) is -0.420. The van der Waals surface area contributed by atoms with Gasteiger partial charge in [0.05, 0.1) is 31.2 Å². The highest BCUT2D eigenvalue weighted by Crippen LogP contribution is 2.17. The van der Waals surface area contributed by atoms with Crippen LogP contribution in [0.5, 0.6) is 0 Å². The van der Waals surface area contributed by atoms with Crippen LogP contribution in [0.15, 0.2) is 0 Å². The molecule has 0 spiro atoms. The number of ether oxygens (including phenoxy) is 2. The molecule has 0 radical (unpaired) electrons. The van der Waals surface area contributed by atoms with Gasteiger partial charge >= 0.3 is 0 Å². The Kier molecular flexibility index (Phi) is 6.48. The standard InChI is InChI=1S/C11H22FNO4S/c1-10(12)4-8-18(14,15)13-5-3-11(9-13)17-7-6-16-2/h10-11H,3-9H2,1-2H3/t10-,11?/m0/s1. The predicted molar refractivity (Wildman–Crippen MR) is 66.8 cm³/mol. The molecule has 1 aliphatic rings. The fraction of sp³-hybridized carbons (Fsp3) is 1.00. The van der Waals surface area contributed by atoms with Gasteiger partial charge in [-0.25, -0.2) is 12.8 Å². The van der Waals surface area contributed by atoms with Crippen LogP contribution in [-0.4, -0.2) is 64.2 Å². The molecule has 0 aromatic heterocycles. The van der Waals surface area contributed by atoms with Crippen LogP contribution in [0, 0.1) is 0 Å². The van der Waals surface area contributed by atoms with E-state index in [9.17, 15) is 12.8 Å². The first kappa shape index (κ1) is 15.8. The highest BCUT2D eigenvalue weighted by molar-refractivity contribution is 7.89. The number of methoxy groups -OCH3 is 1. The van der Waals surface area contributed by atoms with Crippen LogP contribution in [0.2, 0.25) is 0 Å². The number of alkyl halides is 1. The highest BCUT2D eigenvalue weighted by Gasteiger charge is 2.31. The first-order chi connectivity index (χ1) is 8.45. The molecule has 2 atom stereocenters. The van der Waals surface area contributed by atoms with Crippen LogP contribution >= 0.6 is 0 Å². The van der Waals surface area contributed by atoms with Crippen LogP contribution in [0.4, 0.5) is 4.39 Å². The van der Waals surface area contributed by atoms with Crippen LogP contribution in [-0.2, 0) is 19.5 Å². The largest absolute Gasteiger partial charge is 0.382 e. The van der Waals surface area contributed by atoms with Gasteiger partial charge in [0.2, 0.25) is 10.0 Å². The minimum atomic E-state index is -3.34. The molecule has 1 saturated heterocycles. The second-order valence-electron chi connectivity index (χ2n) is 4.52. The first-order valence-corrected chi connectivity index (χ1v) is 7.79. The highest BCUT2D eigenvalue weighted by atomic mass is 32.2. The molecule has 0 N–H and O–H groups in total. The second kappa shape index (κ2) is 7.37. The monoisotopic (exact) mass is 283 g/mol. The zero-order chi connectivity index (χ0) is 13.6. The molecule has 0 amide bonds. The molecule has 0 aliphatic carbocycles. The predicted octanol–water partition coefficient (Wildman–Crippen LogP) is 0.802. The third-order valence-corrected chi connectivity index (χ3v) is 4.79. The zero-order valence-electron chi connectivity index (χ0n) is 11.0. The third-order valence-electron chi connectivity index (χ3n) is 2.92. The SMILES string of the molecule is COCCOC1CCN(S(=O)(=O)CC[C@H](C)F)C1. The molecule has 0 saturated carbocycles. The Morgan fingerprint density at radius 2 is 2.17 bits per heavy atom. The van der Waals surface area contributed by atoms with E-state index < -0.39 is 16.2 Å². The van der Waals surface area contributed by atoms with Gasteiger partial charge in [-0.3, -0.25) is 0 Å².